The van der Waals surface area contributed by atoms with E-state index < -0.39 is 0 Å². The summed E-state index contributed by atoms with van der Waals surface area (Å²) in [6, 6.07) is 7.66. The van der Waals surface area contributed by atoms with Gasteiger partial charge in [-0.25, -0.2) is 9.59 Å². The van der Waals surface area contributed by atoms with Crippen LogP contribution in [0.5, 0.6) is 0 Å². The Hall–Kier alpha value is -2.76. The van der Waals surface area contributed by atoms with Gasteiger partial charge < -0.3 is 20.1 Å². The second kappa shape index (κ2) is 6.78. The molecule has 2 N–H and O–H groups in total. The zero-order valence-corrected chi connectivity index (χ0v) is 13.7. The van der Waals surface area contributed by atoms with Gasteiger partial charge in [-0.1, -0.05) is 0 Å². The first kappa shape index (κ1) is 16.1. The van der Waals surface area contributed by atoms with E-state index in [9.17, 15) is 9.59 Å². The molecule has 0 saturated carbocycles. The topological polar surface area (TPSA) is 76.7 Å². The predicted octanol–water partition coefficient (Wildman–Crippen LogP) is 2.95. The second-order valence-electron chi connectivity index (χ2n) is 6.07. The molecule has 2 atom stereocenters. The molecule has 0 spiro atoms. The van der Waals surface area contributed by atoms with Gasteiger partial charge in [-0.2, -0.15) is 0 Å². The number of benzene rings is 1. The highest BCUT2D eigenvalue weighted by Gasteiger charge is 2.18. The van der Waals surface area contributed by atoms with Crippen LogP contribution < -0.4 is 10.6 Å². The first-order valence-electron chi connectivity index (χ1n) is 7.94. The van der Waals surface area contributed by atoms with Gasteiger partial charge in [-0.15, -0.1) is 0 Å². The average Bonchev–Trinajstić information content (AvgIpc) is 2.47. The largest absolute Gasteiger partial charge is 0.459 e. The molecule has 1 aromatic carbocycles. The molecule has 0 aromatic heterocycles. The Kier molecular flexibility index (Phi) is 4.55. The van der Waals surface area contributed by atoms with Crippen molar-refractivity contribution in [1.82, 2.24) is 0 Å². The van der Waals surface area contributed by atoms with Gasteiger partial charge in [-0.05, 0) is 38.1 Å². The SMILES string of the molecule is CC1CC(Nc2ccc(NC3=CC(=O)OC(C)C3)cc2)=CC(=O)O1. The van der Waals surface area contributed by atoms with Crippen molar-refractivity contribution in [3.05, 3.63) is 47.8 Å². The van der Waals surface area contributed by atoms with Crippen LogP contribution in [0, 0.1) is 0 Å². The number of hydrogen-bond acceptors (Lipinski definition) is 6. The number of hydrogen-bond donors (Lipinski definition) is 2. The maximum Gasteiger partial charge on any atom is 0.332 e. The lowest BCUT2D eigenvalue weighted by Gasteiger charge is -2.22. The van der Waals surface area contributed by atoms with Gasteiger partial charge in [0.15, 0.2) is 0 Å². The lowest BCUT2D eigenvalue weighted by molar-refractivity contribution is -0.144. The molecule has 6 heteroatoms. The minimum Gasteiger partial charge on any atom is -0.459 e. The summed E-state index contributed by atoms with van der Waals surface area (Å²) in [6.07, 6.45) is 4.05. The van der Waals surface area contributed by atoms with E-state index in [0.29, 0.717) is 12.8 Å². The number of carbonyl (C=O) groups is 2. The molecule has 24 heavy (non-hydrogen) atoms. The second-order valence-corrected chi connectivity index (χ2v) is 6.07. The van der Waals surface area contributed by atoms with E-state index in [2.05, 4.69) is 10.6 Å². The predicted molar refractivity (Wildman–Crippen MR) is 90.2 cm³/mol. The molecule has 3 rings (SSSR count). The Morgan fingerprint density at radius 3 is 1.50 bits per heavy atom. The van der Waals surface area contributed by atoms with Gasteiger partial charge in [0.1, 0.15) is 12.2 Å². The molecule has 0 aliphatic carbocycles. The molecule has 1 aromatic rings. The standard InChI is InChI=1S/C18H20N2O4/c1-11-7-15(9-17(21)23-11)19-13-3-5-14(6-4-13)20-16-8-12(2)24-18(22)10-16/h3-6,9-12,19-20H,7-8H2,1-2H3. The van der Waals surface area contributed by atoms with Crippen molar-refractivity contribution in [2.24, 2.45) is 0 Å². The number of carbonyl (C=O) groups excluding carboxylic acids is 2. The molecule has 0 saturated heterocycles. The Labute approximate surface area is 140 Å². The summed E-state index contributed by atoms with van der Waals surface area (Å²) in [5.41, 5.74) is 3.45. The van der Waals surface area contributed by atoms with E-state index in [4.69, 9.17) is 9.47 Å². The van der Waals surface area contributed by atoms with Gasteiger partial charge in [0.25, 0.3) is 0 Å². The molecule has 0 amide bonds. The summed E-state index contributed by atoms with van der Waals surface area (Å²) in [7, 11) is 0. The number of esters is 2. The van der Waals surface area contributed by atoms with Gasteiger partial charge in [-0.3, -0.25) is 0 Å². The fourth-order valence-electron chi connectivity index (χ4n) is 2.75. The van der Waals surface area contributed by atoms with Crippen molar-refractivity contribution >= 4 is 23.3 Å². The van der Waals surface area contributed by atoms with E-state index in [-0.39, 0.29) is 24.1 Å². The van der Waals surface area contributed by atoms with E-state index in [1.54, 1.807) is 0 Å². The summed E-state index contributed by atoms with van der Waals surface area (Å²) in [4.78, 5) is 22.8. The summed E-state index contributed by atoms with van der Waals surface area (Å²) in [6.45, 7) is 3.73. The van der Waals surface area contributed by atoms with Gasteiger partial charge >= 0.3 is 11.9 Å². The molecule has 2 unspecified atom stereocenters. The lowest BCUT2D eigenvalue weighted by atomic mass is 10.1. The molecule has 126 valence electrons. The molecular formula is C18H20N2O4. The van der Waals surface area contributed by atoms with Crippen molar-refractivity contribution in [3.63, 3.8) is 0 Å². The molecule has 0 radical (unpaired) electrons. The maximum absolute atomic E-state index is 11.4. The minimum absolute atomic E-state index is 0.120. The average molecular weight is 328 g/mol. The van der Waals surface area contributed by atoms with Crippen LogP contribution in [0.1, 0.15) is 26.7 Å². The van der Waals surface area contributed by atoms with E-state index in [1.807, 2.05) is 38.1 Å². The third-order valence-corrected chi connectivity index (χ3v) is 3.73. The van der Waals surface area contributed by atoms with Crippen LogP contribution in [0.2, 0.25) is 0 Å². The van der Waals surface area contributed by atoms with Crippen LogP contribution in [0.3, 0.4) is 0 Å². The normalized spacial score (nSPS) is 23.6. The van der Waals surface area contributed by atoms with Crippen molar-refractivity contribution in [2.45, 2.75) is 38.9 Å². The first-order valence-corrected chi connectivity index (χ1v) is 7.94. The summed E-state index contributed by atoms with van der Waals surface area (Å²) in [5, 5.41) is 6.46. The number of ether oxygens (including phenoxy) is 2. The van der Waals surface area contributed by atoms with Crippen LogP contribution in [0.15, 0.2) is 47.8 Å². The summed E-state index contributed by atoms with van der Waals surface area (Å²) >= 11 is 0. The fraction of sp³-hybridized carbons (Fsp3) is 0.333. The van der Waals surface area contributed by atoms with Gasteiger partial charge in [0, 0.05) is 47.8 Å². The van der Waals surface area contributed by atoms with Crippen LogP contribution in [0.25, 0.3) is 0 Å². The van der Waals surface area contributed by atoms with Gasteiger partial charge in [0.2, 0.25) is 0 Å². The number of anilines is 2. The summed E-state index contributed by atoms with van der Waals surface area (Å²) < 4.78 is 10.1. The highest BCUT2D eigenvalue weighted by Crippen LogP contribution is 2.22. The lowest BCUT2D eigenvalue weighted by Crippen LogP contribution is -2.22. The van der Waals surface area contributed by atoms with Crippen molar-refractivity contribution < 1.29 is 19.1 Å². The Morgan fingerprint density at radius 1 is 0.792 bits per heavy atom. The molecule has 0 fully saturated rings. The van der Waals surface area contributed by atoms with E-state index in [0.717, 1.165) is 22.8 Å². The van der Waals surface area contributed by atoms with Crippen molar-refractivity contribution in [1.29, 1.82) is 0 Å². The molecule has 2 heterocycles. The minimum atomic E-state index is -0.320. The quantitative estimate of drug-likeness (QED) is 0.828. The van der Waals surface area contributed by atoms with Crippen LogP contribution in [0.4, 0.5) is 11.4 Å². The zero-order chi connectivity index (χ0) is 17.1. The highest BCUT2D eigenvalue weighted by molar-refractivity contribution is 5.85. The Balaban J connectivity index is 1.63. The molecule has 2 aliphatic rings. The van der Waals surface area contributed by atoms with E-state index in [1.165, 1.54) is 12.2 Å². The number of cyclic esters (lactones) is 2. The van der Waals surface area contributed by atoms with Crippen molar-refractivity contribution in [2.75, 3.05) is 10.6 Å². The fourth-order valence-corrected chi connectivity index (χ4v) is 2.75. The van der Waals surface area contributed by atoms with Gasteiger partial charge in [0.05, 0.1) is 0 Å². The Bertz CT molecular complexity index is 645. The van der Waals surface area contributed by atoms with Crippen molar-refractivity contribution in [3.8, 4) is 0 Å². The molecule has 2 aliphatic heterocycles. The third kappa shape index (κ3) is 4.16. The smallest absolute Gasteiger partial charge is 0.332 e. The number of nitrogens with one attached hydrogen (secondary N) is 2. The monoisotopic (exact) mass is 328 g/mol. The van der Waals surface area contributed by atoms with Crippen LogP contribution >= 0.6 is 0 Å². The van der Waals surface area contributed by atoms with Crippen LogP contribution in [-0.4, -0.2) is 24.1 Å². The maximum atomic E-state index is 11.4. The number of rotatable bonds is 4. The third-order valence-electron chi connectivity index (χ3n) is 3.73. The molecule has 0 bridgehead atoms. The summed E-state index contributed by atoms with van der Waals surface area (Å²) in [5.74, 6) is -0.639. The van der Waals surface area contributed by atoms with E-state index >= 15 is 0 Å². The highest BCUT2D eigenvalue weighted by atomic mass is 16.5. The first-order chi connectivity index (χ1) is 11.5. The Morgan fingerprint density at radius 2 is 1.17 bits per heavy atom. The van der Waals surface area contributed by atoms with Crippen LogP contribution in [-0.2, 0) is 19.1 Å². The molecule has 6 nitrogen and oxygen atoms in total. The molecular weight excluding hydrogens is 308 g/mol. The zero-order valence-electron chi connectivity index (χ0n) is 13.7.